The number of nitrogens with zero attached hydrogens (tertiary/aromatic N) is 2. The third-order valence-electron chi connectivity index (χ3n) is 4.08. The van der Waals surface area contributed by atoms with E-state index in [9.17, 15) is 4.79 Å². The van der Waals surface area contributed by atoms with Crippen LogP contribution in [0.4, 0.5) is 5.69 Å². The highest BCUT2D eigenvalue weighted by atomic mass is 16.2. The van der Waals surface area contributed by atoms with Gasteiger partial charge in [-0.15, -0.1) is 0 Å². The molecule has 4 nitrogen and oxygen atoms in total. The van der Waals surface area contributed by atoms with E-state index in [1.54, 1.807) is 0 Å². The van der Waals surface area contributed by atoms with E-state index in [1.807, 2.05) is 25.9 Å². The summed E-state index contributed by atoms with van der Waals surface area (Å²) in [7, 11) is 4.07. The Morgan fingerprint density at radius 3 is 2.90 bits per heavy atom. The maximum Gasteiger partial charge on any atom is 0.227 e. The van der Waals surface area contributed by atoms with E-state index < -0.39 is 0 Å². The molecule has 2 atom stereocenters. The van der Waals surface area contributed by atoms with Crippen LogP contribution in [0.25, 0.3) is 0 Å². The summed E-state index contributed by atoms with van der Waals surface area (Å²) in [4.78, 5) is 16.5. The Balaban J connectivity index is 2.22. The van der Waals surface area contributed by atoms with E-state index in [2.05, 4.69) is 29.2 Å². The molecule has 20 heavy (non-hydrogen) atoms. The molecule has 2 N–H and O–H groups in total. The van der Waals surface area contributed by atoms with Crippen LogP contribution in [0.1, 0.15) is 31.4 Å². The topological polar surface area (TPSA) is 49.6 Å². The summed E-state index contributed by atoms with van der Waals surface area (Å²) in [6.07, 6.45) is 2.11. The van der Waals surface area contributed by atoms with Gasteiger partial charge in [-0.2, -0.15) is 0 Å². The van der Waals surface area contributed by atoms with Crippen LogP contribution < -0.4 is 10.6 Å². The first-order chi connectivity index (χ1) is 9.54. The molecule has 1 saturated heterocycles. The van der Waals surface area contributed by atoms with Gasteiger partial charge in [0.2, 0.25) is 5.91 Å². The molecular formula is C16H25N3O. The van der Waals surface area contributed by atoms with E-state index in [0.29, 0.717) is 6.54 Å². The third kappa shape index (κ3) is 2.96. The molecule has 2 rings (SSSR count). The lowest BCUT2D eigenvalue weighted by molar-refractivity contribution is -0.135. The monoisotopic (exact) mass is 275 g/mol. The van der Waals surface area contributed by atoms with Gasteiger partial charge < -0.3 is 15.5 Å². The van der Waals surface area contributed by atoms with Crippen molar-refractivity contribution in [1.82, 2.24) is 4.90 Å². The molecule has 1 fully saturated rings. The van der Waals surface area contributed by atoms with Crippen LogP contribution in [0.15, 0.2) is 24.3 Å². The summed E-state index contributed by atoms with van der Waals surface area (Å²) >= 11 is 0. The minimum Gasteiger partial charge on any atom is -0.378 e. The van der Waals surface area contributed by atoms with Crippen molar-refractivity contribution >= 4 is 11.6 Å². The number of likely N-dealkylation sites (tertiary alicyclic amines) is 1. The fourth-order valence-corrected chi connectivity index (χ4v) is 2.77. The molecule has 0 radical (unpaired) electrons. The maximum atomic E-state index is 12.4. The number of hydrogen-bond acceptors (Lipinski definition) is 3. The van der Waals surface area contributed by atoms with E-state index in [-0.39, 0.29) is 17.9 Å². The number of hydrogen-bond donors (Lipinski definition) is 1. The minimum absolute atomic E-state index is 0.0902. The average molecular weight is 275 g/mol. The maximum absolute atomic E-state index is 12.4. The Bertz CT molecular complexity index is 473. The smallest absolute Gasteiger partial charge is 0.227 e. The highest BCUT2D eigenvalue weighted by molar-refractivity contribution is 5.79. The minimum atomic E-state index is -0.0902. The van der Waals surface area contributed by atoms with Crippen molar-refractivity contribution in [2.24, 2.45) is 11.7 Å². The van der Waals surface area contributed by atoms with Crippen molar-refractivity contribution in [3.05, 3.63) is 29.8 Å². The summed E-state index contributed by atoms with van der Waals surface area (Å²) in [5.41, 5.74) is 8.04. The van der Waals surface area contributed by atoms with Crippen LogP contribution in [-0.4, -0.2) is 38.0 Å². The van der Waals surface area contributed by atoms with E-state index in [1.165, 1.54) is 11.3 Å². The van der Waals surface area contributed by atoms with E-state index >= 15 is 0 Å². The van der Waals surface area contributed by atoms with Gasteiger partial charge in [0.15, 0.2) is 0 Å². The lowest BCUT2D eigenvalue weighted by Crippen LogP contribution is -2.37. The quantitative estimate of drug-likeness (QED) is 0.914. The molecule has 0 aromatic heterocycles. The van der Waals surface area contributed by atoms with Crippen molar-refractivity contribution in [3.8, 4) is 0 Å². The highest BCUT2D eigenvalue weighted by Gasteiger charge is 2.31. The molecule has 1 aromatic carbocycles. The van der Waals surface area contributed by atoms with Gasteiger partial charge in [-0.05, 0) is 30.5 Å². The normalized spacial score (nSPS) is 20.0. The zero-order chi connectivity index (χ0) is 14.7. The zero-order valence-electron chi connectivity index (χ0n) is 12.7. The van der Waals surface area contributed by atoms with E-state index in [0.717, 1.165) is 19.4 Å². The van der Waals surface area contributed by atoms with Gasteiger partial charge in [-0.1, -0.05) is 19.1 Å². The average Bonchev–Trinajstić information content (AvgIpc) is 2.95. The first kappa shape index (κ1) is 14.9. The number of carbonyl (C=O) groups excluding carboxylic acids is 1. The summed E-state index contributed by atoms with van der Waals surface area (Å²) < 4.78 is 0. The van der Waals surface area contributed by atoms with Gasteiger partial charge in [0, 0.05) is 38.8 Å². The second kappa shape index (κ2) is 6.27. The fraction of sp³-hybridized carbons (Fsp3) is 0.562. The fourth-order valence-electron chi connectivity index (χ4n) is 2.77. The molecule has 0 saturated carbocycles. The number of amides is 1. The Morgan fingerprint density at radius 1 is 1.50 bits per heavy atom. The summed E-state index contributed by atoms with van der Waals surface area (Å²) in [6.45, 7) is 3.17. The van der Waals surface area contributed by atoms with Crippen LogP contribution in [0, 0.1) is 5.92 Å². The predicted molar refractivity (Wildman–Crippen MR) is 82.7 cm³/mol. The van der Waals surface area contributed by atoms with Gasteiger partial charge in [0.1, 0.15) is 0 Å². The largest absolute Gasteiger partial charge is 0.378 e. The molecule has 1 aliphatic heterocycles. The summed E-state index contributed by atoms with van der Waals surface area (Å²) in [5.74, 6) is 0.0953. The molecule has 1 amide bonds. The predicted octanol–water partition coefficient (Wildman–Crippen LogP) is 2.01. The SMILES string of the molecule is CC(CN)C(=O)N1CCCC1c1cccc(N(C)C)c1. The van der Waals surface area contributed by atoms with Gasteiger partial charge in [-0.25, -0.2) is 0 Å². The molecule has 4 heteroatoms. The lowest BCUT2D eigenvalue weighted by Gasteiger charge is -2.28. The zero-order valence-corrected chi connectivity index (χ0v) is 12.7. The number of anilines is 1. The van der Waals surface area contributed by atoms with Crippen molar-refractivity contribution in [2.45, 2.75) is 25.8 Å². The summed E-state index contributed by atoms with van der Waals surface area (Å²) in [5, 5.41) is 0. The molecule has 1 aromatic rings. The van der Waals surface area contributed by atoms with Crippen molar-refractivity contribution in [1.29, 1.82) is 0 Å². The Hall–Kier alpha value is -1.55. The van der Waals surface area contributed by atoms with Crippen molar-refractivity contribution in [2.75, 3.05) is 32.1 Å². The number of rotatable bonds is 4. The second-order valence-electron chi connectivity index (χ2n) is 5.82. The Kier molecular flexibility index (Phi) is 4.65. The molecule has 0 spiro atoms. The van der Waals surface area contributed by atoms with Crippen LogP contribution in [-0.2, 0) is 4.79 Å². The molecule has 1 heterocycles. The molecular weight excluding hydrogens is 250 g/mol. The van der Waals surface area contributed by atoms with Gasteiger partial charge in [0.25, 0.3) is 0 Å². The van der Waals surface area contributed by atoms with Crippen LogP contribution in [0.3, 0.4) is 0 Å². The number of benzene rings is 1. The standard InChI is InChI=1S/C16H25N3O/c1-12(11-17)16(20)19-9-5-8-15(19)13-6-4-7-14(10-13)18(2)3/h4,6-7,10,12,15H,5,8-9,11,17H2,1-3H3. The van der Waals surface area contributed by atoms with Crippen molar-refractivity contribution < 1.29 is 4.79 Å². The van der Waals surface area contributed by atoms with Crippen LogP contribution >= 0.6 is 0 Å². The number of carbonyl (C=O) groups is 1. The van der Waals surface area contributed by atoms with Crippen LogP contribution in [0.2, 0.25) is 0 Å². The first-order valence-electron chi connectivity index (χ1n) is 7.32. The lowest BCUT2D eigenvalue weighted by atomic mass is 10.0. The van der Waals surface area contributed by atoms with Gasteiger partial charge >= 0.3 is 0 Å². The molecule has 2 unspecified atom stereocenters. The third-order valence-corrected chi connectivity index (χ3v) is 4.08. The van der Waals surface area contributed by atoms with Crippen LogP contribution in [0.5, 0.6) is 0 Å². The number of nitrogens with two attached hydrogens (primary N) is 1. The highest BCUT2D eigenvalue weighted by Crippen LogP contribution is 2.34. The summed E-state index contributed by atoms with van der Waals surface area (Å²) in [6, 6.07) is 8.67. The molecule has 0 bridgehead atoms. The first-order valence-corrected chi connectivity index (χ1v) is 7.32. The second-order valence-corrected chi connectivity index (χ2v) is 5.82. The Labute approximate surface area is 121 Å². The van der Waals surface area contributed by atoms with Gasteiger partial charge in [-0.3, -0.25) is 4.79 Å². The molecule has 0 aliphatic carbocycles. The van der Waals surface area contributed by atoms with E-state index in [4.69, 9.17) is 5.73 Å². The molecule has 110 valence electrons. The van der Waals surface area contributed by atoms with Gasteiger partial charge in [0.05, 0.1) is 6.04 Å². The Morgan fingerprint density at radius 2 is 2.25 bits per heavy atom. The van der Waals surface area contributed by atoms with Crippen molar-refractivity contribution in [3.63, 3.8) is 0 Å². The molecule has 1 aliphatic rings.